The fraction of sp³-hybridized carbons (Fsp3) is 0.533. The molecule has 0 atom stereocenters. The molecule has 0 radical (unpaired) electrons. The van der Waals surface area contributed by atoms with E-state index in [1.807, 2.05) is 13.8 Å². The second-order valence-corrected chi connectivity index (χ2v) is 7.19. The molecule has 0 fully saturated rings. The highest BCUT2D eigenvalue weighted by Crippen LogP contribution is 2.28. The van der Waals surface area contributed by atoms with Crippen molar-refractivity contribution in [2.45, 2.75) is 38.5 Å². The zero-order valence-electron chi connectivity index (χ0n) is 14.0. The lowest BCUT2D eigenvalue weighted by Crippen LogP contribution is -2.41. The number of hydrogen-bond donors (Lipinski definition) is 3. The largest absolute Gasteiger partial charge is 0.329 e. The van der Waals surface area contributed by atoms with E-state index < -0.39 is 15.4 Å². The minimum atomic E-state index is -3.57. The highest BCUT2D eigenvalue weighted by Gasteiger charge is 2.33. The third-order valence-corrected chi connectivity index (χ3v) is 5.79. The highest BCUT2D eigenvalue weighted by atomic mass is 35.5. The van der Waals surface area contributed by atoms with Crippen LogP contribution in [-0.2, 0) is 14.8 Å². The molecule has 0 heterocycles. The van der Waals surface area contributed by atoms with Crippen molar-refractivity contribution in [1.29, 1.82) is 0 Å². The summed E-state index contributed by atoms with van der Waals surface area (Å²) in [6.45, 7) is 5.79. The Morgan fingerprint density at radius 1 is 1.26 bits per heavy atom. The lowest BCUT2D eigenvalue weighted by molar-refractivity contribution is -0.125. The van der Waals surface area contributed by atoms with Gasteiger partial charge in [-0.1, -0.05) is 19.9 Å². The monoisotopic (exact) mass is 363 g/mol. The second kappa shape index (κ2) is 8.63. The third kappa shape index (κ3) is 4.67. The van der Waals surface area contributed by atoms with Crippen LogP contribution in [0.4, 0.5) is 5.69 Å². The molecule has 4 N–H and O–H groups in total. The van der Waals surface area contributed by atoms with E-state index in [1.54, 1.807) is 19.1 Å². The maximum atomic E-state index is 12.5. The fourth-order valence-electron chi connectivity index (χ4n) is 2.29. The molecule has 0 saturated carbocycles. The normalized spacial score (nSPS) is 11.7. The zero-order valence-corrected chi connectivity index (χ0v) is 15.6. The summed E-state index contributed by atoms with van der Waals surface area (Å²) >= 11 is 0. The van der Waals surface area contributed by atoms with Gasteiger partial charge in [-0.3, -0.25) is 4.79 Å². The quantitative estimate of drug-likeness (QED) is 0.689. The average molecular weight is 364 g/mol. The van der Waals surface area contributed by atoms with Crippen LogP contribution in [0.2, 0.25) is 0 Å². The van der Waals surface area contributed by atoms with Crippen molar-refractivity contribution in [3.63, 3.8) is 0 Å². The summed E-state index contributed by atoms with van der Waals surface area (Å²) in [6, 6.07) is 4.82. The number of anilines is 1. The van der Waals surface area contributed by atoms with E-state index in [1.165, 1.54) is 13.1 Å². The van der Waals surface area contributed by atoms with Crippen molar-refractivity contribution >= 4 is 34.0 Å². The molecule has 8 heteroatoms. The van der Waals surface area contributed by atoms with Crippen LogP contribution < -0.4 is 15.8 Å². The molecule has 132 valence electrons. The minimum absolute atomic E-state index is 0. The molecule has 23 heavy (non-hydrogen) atoms. The molecule has 0 aromatic heterocycles. The SMILES string of the molecule is CCC(CC)(CN)C(=O)Nc1ccc(C)c(S(=O)(=O)NC)c1.Cl. The number of rotatable bonds is 7. The smallest absolute Gasteiger partial charge is 0.240 e. The van der Waals surface area contributed by atoms with Gasteiger partial charge in [0, 0.05) is 12.2 Å². The molecule has 1 amide bonds. The predicted octanol–water partition coefficient (Wildman–Crippen LogP) is 2.03. The number of sulfonamides is 1. The molecule has 1 aromatic carbocycles. The van der Waals surface area contributed by atoms with Crippen LogP contribution in [0.5, 0.6) is 0 Å². The number of aryl methyl sites for hydroxylation is 1. The minimum Gasteiger partial charge on any atom is -0.329 e. The number of amides is 1. The van der Waals surface area contributed by atoms with Gasteiger partial charge in [0.2, 0.25) is 15.9 Å². The van der Waals surface area contributed by atoms with Crippen LogP contribution in [0.15, 0.2) is 23.1 Å². The maximum Gasteiger partial charge on any atom is 0.240 e. The number of nitrogens with one attached hydrogen (secondary N) is 2. The summed E-state index contributed by atoms with van der Waals surface area (Å²) in [5.74, 6) is -0.184. The van der Waals surface area contributed by atoms with Gasteiger partial charge in [0.1, 0.15) is 0 Å². The van der Waals surface area contributed by atoms with E-state index in [9.17, 15) is 13.2 Å². The van der Waals surface area contributed by atoms with E-state index in [-0.39, 0.29) is 29.8 Å². The Hall–Kier alpha value is -1.15. The summed E-state index contributed by atoms with van der Waals surface area (Å²) in [4.78, 5) is 12.6. The summed E-state index contributed by atoms with van der Waals surface area (Å²) in [7, 11) is -2.21. The van der Waals surface area contributed by atoms with Gasteiger partial charge in [-0.15, -0.1) is 12.4 Å². The van der Waals surface area contributed by atoms with Crippen molar-refractivity contribution in [3.8, 4) is 0 Å². The van der Waals surface area contributed by atoms with Gasteiger partial charge in [0.15, 0.2) is 0 Å². The molecule has 0 spiro atoms. The molecule has 0 unspecified atom stereocenters. The molecule has 0 aliphatic rings. The van der Waals surface area contributed by atoms with Crippen LogP contribution in [0.25, 0.3) is 0 Å². The van der Waals surface area contributed by atoms with E-state index >= 15 is 0 Å². The first-order valence-corrected chi connectivity index (χ1v) is 8.80. The van der Waals surface area contributed by atoms with Gasteiger partial charge in [-0.25, -0.2) is 13.1 Å². The van der Waals surface area contributed by atoms with Crippen molar-refractivity contribution < 1.29 is 13.2 Å². The number of hydrogen-bond acceptors (Lipinski definition) is 4. The summed E-state index contributed by atoms with van der Waals surface area (Å²) in [5, 5.41) is 2.79. The first-order valence-electron chi connectivity index (χ1n) is 7.32. The van der Waals surface area contributed by atoms with Gasteiger partial charge >= 0.3 is 0 Å². The maximum absolute atomic E-state index is 12.5. The lowest BCUT2D eigenvalue weighted by atomic mass is 9.81. The zero-order chi connectivity index (χ0) is 17.0. The standard InChI is InChI=1S/C15H25N3O3S.ClH/c1-5-15(6-2,10-16)14(19)18-12-8-7-11(3)13(9-12)22(20,21)17-4;/h7-9,17H,5-6,10,16H2,1-4H3,(H,18,19);1H. The molecule has 0 aliphatic carbocycles. The van der Waals surface area contributed by atoms with Crippen LogP contribution >= 0.6 is 12.4 Å². The van der Waals surface area contributed by atoms with Gasteiger partial charge in [0.25, 0.3) is 0 Å². The Bertz CT molecular complexity index is 635. The average Bonchev–Trinajstić information content (AvgIpc) is 2.51. The van der Waals surface area contributed by atoms with Crippen LogP contribution in [0.3, 0.4) is 0 Å². The molecule has 1 aromatic rings. The molecule has 1 rings (SSSR count). The molecule has 0 saturated heterocycles. The van der Waals surface area contributed by atoms with Crippen LogP contribution in [-0.4, -0.2) is 27.9 Å². The van der Waals surface area contributed by atoms with Crippen molar-refractivity contribution in [2.24, 2.45) is 11.1 Å². The number of nitrogens with two attached hydrogens (primary N) is 1. The Balaban J connectivity index is 0.00000484. The van der Waals surface area contributed by atoms with E-state index in [2.05, 4.69) is 10.0 Å². The molecule has 0 aliphatic heterocycles. The Morgan fingerprint density at radius 3 is 2.26 bits per heavy atom. The van der Waals surface area contributed by atoms with Crippen molar-refractivity contribution in [1.82, 2.24) is 4.72 Å². The summed E-state index contributed by atoms with van der Waals surface area (Å²) < 4.78 is 26.2. The first kappa shape index (κ1) is 21.9. The van der Waals surface area contributed by atoms with Gasteiger partial charge in [-0.05, 0) is 44.5 Å². The highest BCUT2D eigenvalue weighted by molar-refractivity contribution is 7.89. The molecular weight excluding hydrogens is 338 g/mol. The fourth-order valence-corrected chi connectivity index (χ4v) is 3.29. The van der Waals surface area contributed by atoms with E-state index in [0.717, 1.165) is 0 Å². The summed E-state index contributed by atoms with van der Waals surface area (Å²) in [5.41, 5.74) is 6.19. The number of halogens is 1. The lowest BCUT2D eigenvalue weighted by Gasteiger charge is -2.28. The topological polar surface area (TPSA) is 101 Å². The Kier molecular flexibility index (Phi) is 8.20. The number of benzene rings is 1. The second-order valence-electron chi connectivity index (χ2n) is 5.33. The predicted molar refractivity (Wildman–Crippen MR) is 95.4 cm³/mol. The van der Waals surface area contributed by atoms with E-state index in [4.69, 9.17) is 5.73 Å². The number of carbonyl (C=O) groups is 1. The van der Waals surface area contributed by atoms with Crippen molar-refractivity contribution in [3.05, 3.63) is 23.8 Å². The summed E-state index contributed by atoms with van der Waals surface area (Å²) in [6.07, 6.45) is 1.25. The van der Waals surface area contributed by atoms with Crippen LogP contribution in [0.1, 0.15) is 32.3 Å². The van der Waals surface area contributed by atoms with E-state index in [0.29, 0.717) is 24.1 Å². The van der Waals surface area contributed by atoms with Crippen LogP contribution in [0, 0.1) is 12.3 Å². The van der Waals surface area contributed by atoms with Crippen molar-refractivity contribution in [2.75, 3.05) is 18.9 Å². The molecule has 0 bridgehead atoms. The Labute approximate surface area is 144 Å². The van der Waals surface area contributed by atoms with Gasteiger partial charge in [0.05, 0.1) is 10.3 Å². The van der Waals surface area contributed by atoms with Gasteiger partial charge in [-0.2, -0.15) is 0 Å². The third-order valence-electron chi connectivity index (χ3n) is 4.23. The van der Waals surface area contributed by atoms with Gasteiger partial charge < -0.3 is 11.1 Å². The first-order chi connectivity index (χ1) is 10.3. The Morgan fingerprint density at radius 2 is 1.83 bits per heavy atom. The molecule has 6 nitrogen and oxygen atoms in total. The molecular formula is C15H26ClN3O3S. The number of carbonyl (C=O) groups excluding carboxylic acids is 1.